The lowest BCUT2D eigenvalue weighted by Gasteiger charge is -2.16. The molecule has 0 amide bonds. The van der Waals surface area contributed by atoms with Crippen LogP contribution in [0.1, 0.15) is 50.3 Å². The SMILES string of the molecule is CCOC(CC)c1ccc(C(C)CN)cc1. The van der Waals surface area contributed by atoms with E-state index in [0.29, 0.717) is 12.5 Å². The van der Waals surface area contributed by atoms with Crippen LogP contribution in [0.4, 0.5) is 0 Å². The molecule has 0 spiro atoms. The Labute approximate surface area is 98.8 Å². The third-order valence-electron chi connectivity index (χ3n) is 2.97. The van der Waals surface area contributed by atoms with E-state index in [0.717, 1.165) is 13.0 Å². The first-order valence-corrected chi connectivity index (χ1v) is 6.14. The van der Waals surface area contributed by atoms with Crippen LogP contribution in [0.2, 0.25) is 0 Å². The molecule has 90 valence electrons. The lowest BCUT2D eigenvalue weighted by molar-refractivity contribution is 0.0598. The normalized spacial score (nSPS) is 14.8. The standard InChI is InChI=1S/C14H23NO/c1-4-14(16-5-2)13-8-6-12(7-9-13)11(3)10-15/h6-9,11,14H,4-5,10,15H2,1-3H3. The Hall–Kier alpha value is -0.860. The van der Waals surface area contributed by atoms with E-state index in [9.17, 15) is 0 Å². The Kier molecular flexibility index (Phi) is 5.50. The van der Waals surface area contributed by atoms with Crippen molar-refractivity contribution in [1.29, 1.82) is 0 Å². The summed E-state index contributed by atoms with van der Waals surface area (Å²) in [6.07, 6.45) is 1.24. The molecule has 0 aliphatic carbocycles. The smallest absolute Gasteiger partial charge is 0.0822 e. The van der Waals surface area contributed by atoms with Gasteiger partial charge in [-0.05, 0) is 36.9 Å². The van der Waals surface area contributed by atoms with Crippen LogP contribution in [0.25, 0.3) is 0 Å². The van der Waals surface area contributed by atoms with Gasteiger partial charge in [0.05, 0.1) is 6.10 Å². The molecule has 1 aromatic rings. The van der Waals surface area contributed by atoms with Crippen molar-refractivity contribution in [3.8, 4) is 0 Å². The maximum absolute atomic E-state index is 5.68. The van der Waals surface area contributed by atoms with Crippen LogP contribution in [0, 0.1) is 0 Å². The maximum atomic E-state index is 5.68. The Morgan fingerprint density at radius 2 is 1.69 bits per heavy atom. The third kappa shape index (κ3) is 3.32. The predicted molar refractivity (Wildman–Crippen MR) is 68.6 cm³/mol. The molecule has 1 rings (SSSR count). The average Bonchev–Trinajstić information content (AvgIpc) is 2.35. The molecule has 0 aliphatic heterocycles. The van der Waals surface area contributed by atoms with E-state index < -0.39 is 0 Å². The molecular weight excluding hydrogens is 198 g/mol. The zero-order valence-electron chi connectivity index (χ0n) is 10.6. The number of hydrogen-bond donors (Lipinski definition) is 1. The Morgan fingerprint density at radius 1 is 1.12 bits per heavy atom. The topological polar surface area (TPSA) is 35.2 Å². The van der Waals surface area contributed by atoms with Crippen molar-refractivity contribution in [2.24, 2.45) is 5.73 Å². The van der Waals surface area contributed by atoms with E-state index in [4.69, 9.17) is 10.5 Å². The second-order valence-electron chi connectivity index (χ2n) is 4.16. The Balaban J connectivity index is 2.76. The molecule has 1 aromatic carbocycles. The summed E-state index contributed by atoms with van der Waals surface area (Å²) in [5.74, 6) is 0.432. The van der Waals surface area contributed by atoms with Gasteiger partial charge in [-0.15, -0.1) is 0 Å². The molecule has 2 atom stereocenters. The van der Waals surface area contributed by atoms with Gasteiger partial charge < -0.3 is 10.5 Å². The summed E-state index contributed by atoms with van der Waals surface area (Å²) in [5, 5.41) is 0. The van der Waals surface area contributed by atoms with E-state index in [1.807, 2.05) is 6.92 Å². The van der Waals surface area contributed by atoms with Gasteiger partial charge in [-0.2, -0.15) is 0 Å². The highest BCUT2D eigenvalue weighted by Gasteiger charge is 2.09. The van der Waals surface area contributed by atoms with E-state index in [2.05, 4.69) is 38.1 Å². The summed E-state index contributed by atoms with van der Waals surface area (Å²) < 4.78 is 5.68. The molecule has 0 aliphatic rings. The molecule has 16 heavy (non-hydrogen) atoms. The van der Waals surface area contributed by atoms with Crippen molar-refractivity contribution in [1.82, 2.24) is 0 Å². The molecule has 2 nitrogen and oxygen atoms in total. The van der Waals surface area contributed by atoms with Crippen molar-refractivity contribution < 1.29 is 4.74 Å². The van der Waals surface area contributed by atoms with Gasteiger partial charge in [0.25, 0.3) is 0 Å². The second kappa shape index (κ2) is 6.66. The second-order valence-corrected chi connectivity index (χ2v) is 4.16. The van der Waals surface area contributed by atoms with Gasteiger partial charge in [0.15, 0.2) is 0 Å². The number of rotatable bonds is 6. The number of benzene rings is 1. The van der Waals surface area contributed by atoms with Crippen LogP contribution in [0.15, 0.2) is 24.3 Å². The number of hydrogen-bond acceptors (Lipinski definition) is 2. The Bertz CT molecular complexity index is 294. The summed E-state index contributed by atoms with van der Waals surface area (Å²) in [6.45, 7) is 7.79. The van der Waals surface area contributed by atoms with Gasteiger partial charge in [0.1, 0.15) is 0 Å². The molecule has 0 radical (unpaired) electrons. The fraction of sp³-hybridized carbons (Fsp3) is 0.571. The number of nitrogens with two attached hydrogens (primary N) is 1. The van der Waals surface area contributed by atoms with Gasteiger partial charge in [-0.3, -0.25) is 0 Å². The zero-order valence-corrected chi connectivity index (χ0v) is 10.6. The van der Waals surface area contributed by atoms with Gasteiger partial charge >= 0.3 is 0 Å². The molecular formula is C14H23NO. The van der Waals surface area contributed by atoms with Crippen molar-refractivity contribution in [2.75, 3.05) is 13.2 Å². The summed E-state index contributed by atoms with van der Waals surface area (Å²) in [5.41, 5.74) is 8.22. The quantitative estimate of drug-likeness (QED) is 0.800. The fourth-order valence-corrected chi connectivity index (χ4v) is 1.83. The first kappa shape index (κ1) is 13.2. The van der Waals surface area contributed by atoms with Crippen molar-refractivity contribution in [3.63, 3.8) is 0 Å². The van der Waals surface area contributed by atoms with Crippen LogP contribution >= 0.6 is 0 Å². The minimum atomic E-state index is 0.229. The van der Waals surface area contributed by atoms with E-state index >= 15 is 0 Å². The van der Waals surface area contributed by atoms with Crippen LogP contribution in [-0.2, 0) is 4.74 Å². The van der Waals surface area contributed by atoms with E-state index in [1.165, 1.54) is 11.1 Å². The van der Waals surface area contributed by atoms with Gasteiger partial charge in [-0.25, -0.2) is 0 Å². The number of ether oxygens (including phenoxy) is 1. The molecule has 0 heterocycles. The molecule has 0 fully saturated rings. The highest BCUT2D eigenvalue weighted by atomic mass is 16.5. The minimum absolute atomic E-state index is 0.229. The van der Waals surface area contributed by atoms with Crippen LogP contribution in [0.5, 0.6) is 0 Å². The molecule has 2 heteroatoms. The lowest BCUT2D eigenvalue weighted by atomic mass is 9.98. The summed E-state index contributed by atoms with van der Waals surface area (Å²) in [7, 11) is 0. The molecule has 2 unspecified atom stereocenters. The van der Waals surface area contributed by atoms with Gasteiger partial charge in [0, 0.05) is 6.61 Å². The van der Waals surface area contributed by atoms with Crippen LogP contribution in [0.3, 0.4) is 0 Å². The summed E-state index contributed by atoms with van der Waals surface area (Å²) >= 11 is 0. The minimum Gasteiger partial charge on any atom is -0.374 e. The summed E-state index contributed by atoms with van der Waals surface area (Å²) in [4.78, 5) is 0. The largest absolute Gasteiger partial charge is 0.374 e. The molecule has 0 bridgehead atoms. The first-order valence-electron chi connectivity index (χ1n) is 6.14. The van der Waals surface area contributed by atoms with Gasteiger partial charge in [-0.1, -0.05) is 38.1 Å². The van der Waals surface area contributed by atoms with Crippen LogP contribution < -0.4 is 5.73 Å². The molecule has 0 saturated carbocycles. The molecule has 0 aromatic heterocycles. The highest BCUT2D eigenvalue weighted by Crippen LogP contribution is 2.23. The van der Waals surface area contributed by atoms with Crippen LogP contribution in [-0.4, -0.2) is 13.2 Å². The van der Waals surface area contributed by atoms with Crippen molar-refractivity contribution >= 4 is 0 Å². The molecule has 2 N–H and O–H groups in total. The monoisotopic (exact) mass is 221 g/mol. The average molecular weight is 221 g/mol. The molecule has 0 saturated heterocycles. The van der Waals surface area contributed by atoms with Gasteiger partial charge in [0.2, 0.25) is 0 Å². The zero-order chi connectivity index (χ0) is 12.0. The third-order valence-corrected chi connectivity index (χ3v) is 2.97. The fourth-order valence-electron chi connectivity index (χ4n) is 1.83. The van der Waals surface area contributed by atoms with E-state index in [-0.39, 0.29) is 6.10 Å². The Morgan fingerprint density at radius 3 is 2.12 bits per heavy atom. The first-order chi connectivity index (χ1) is 7.72. The maximum Gasteiger partial charge on any atom is 0.0822 e. The highest BCUT2D eigenvalue weighted by molar-refractivity contribution is 5.26. The lowest BCUT2D eigenvalue weighted by Crippen LogP contribution is -2.09. The van der Waals surface area contributed by atoms with Crippen molar-refractivity contribution in [2.45, 2.75) is 39.2 Å². The van der Waals surface area contributed by atoms with E-state index in [1.54, 1.807) is 0 Å². The predicted octanol–water partition coefficient (Wildman–Crippen LogP) is 3.24. The summed E-state index contributed by atoms with van der Waals surface area (Å²) in [6, 6.07) is 8.64. The van der Waals surface area contributed by atoms with Crippen molar-refractivity contribution in [3.05, 3.63) is 35.4 Å².